The Hall–Kier alpha value is -1.71. The predicted octanol–water partition coefficient (Wildman–Crippen LogP) is 4.50. The van der Waals surface area contributed by atoms with Crippen molar-refractivity contribution in [2.24, 2.45) is 0 Å². The van der Waals surface area contributed by atoms with Crippen molar-refractivity contribution in [3.63, 3.8) is 0 Å². The van der Waals surface area contributed by atoms with E-state index in [-0.39, 0.29) is 22.9 Å². The van der Waals surface area contributed by atoms with Crippen LogP contribution in [0.2, 0.25) is 0 Å². The monoisotopic (exact) mass is 467 g/mol. The van der Waals surface area contributed by atoms with Gasteiger partial charge < -0.3 is 10.3 Å². The highest BCUT2D eigenvalue weighted by Crippen LogP contribution is 2.34. The molecule has 0 spiro atoms. The number of aromatic nitrogens is 2. The molecule has 1 aliphatic rings. The number of halogens is 2. The zero-order chi connectivity index (χ0) is 19.0. The fraction of sp³-hybridized carbons (Fsp3) is 0.278. The standard InChI is InChI=1S/C18H15BrFN3O2S2/c19-9-5-6-12(11(20)7-9)21-14(24)8-26-18-22-16(25)15-10-3-1-2-4-13(10)27-17(15)23-18/h5-7H,1-4,8H2,(H,21,24)(H,22,23,25). The lowest BCUT2D eigenvalue weighted by Crippen LogP contribution is -2.16. The number of anilines is 1. The first kappa shape index (κ1) is 18.6. The number of hydrogen-bond donors (Lipinski definition) is 2. The summed E-state index contributed by atoms with van der Waals surface area (Å²) in [6.45, 7) is 0. The highest BCUT2D eigenvalue weighted by atomic mass is 79.9. The minimum Gasteiger partial charge on any atom is -0.323 e. The number of aryl methyl sites for hydroxylation is 2. The minimum absolute atomic E-state index is 0.0229. The van der Waals surface area contributed by atoms with E-state index in [9.17, 15) is 14.0 Å². The van der Waals surface area contributed by atoms with Gasteiger partial charge in [0.2, 0.25) is 5.91 Å². The van der Waals surface area contributed by atoms with Gasteiger partial charge in [-0.2, -0.15) is 0 Å². The van der Waals surface area contributed by atoms with Gasteiger partial charge in [0.05, 0.1) is 16.8 Å². The van der Waals surface area contributed by atoms with Gasteiger partial charge in [-0.05, 0) is 49.4 Å². The van der Waals surface area contributed by atoms with Gasteiger partial charge in [-0.25, -0.2) is 9.37 Å². The molecule has 0 fully saturated rings. The summed E-state index contributed by atoms with van der Waals surface area (Å²) in [5.41, 5.74) is 1.10. The average molecular weight is 468 g/mol. The number of amides is 1. The molecule has 9 heteroatoms. The molecule has 0 saturated heterocycles. The number of carbonyl (C=O) groups is 1. The number of carbonyl (C=O) groups excluding carboxylic acids is 1. The molecule has 2 heterocycles. The quantitative estimate of drug-likeness (QED) is 0.437. The number of rotatable bonds is 4. The van der Waals surface area contributed by atoms with Crippen molar-refractivity contribution in [1.29, 1.82) is 0 Å². The number of benzene rings is 1. The summed E-state index contributed by atoms with van der Waals surface area (Å²) in [6.07, 6.45) is 4.17. The molecular formula is C18H15BrFN3O2S2. The fourth-order valence-electron chi connectivity index (χ4n) is 3.12. The third-order valence-corrected chi connectivity index (χ3v) is 6.90. The molecule has 2 aromatic heterocycles. The zero-order valence-corrected chi connectivity index (χ0v) is 17.3. The molecule has 0 aliphatic heterocycles. The molecule has 5 nitrogen and oxygen atoms in total. The van der Waals surface area contributed by atoms with Crippen molar-refractivity contribution < 1.29 is 9.18 Å². The maximum atomic E-state index is 13.8. The molecule has 3 aromatic rings. The Kier molecular flexibility index (Phi) is 5.34. The van der Waals surface area contributed by atoms with E-state index in [2.05, 4.69) is 31.2 Å². The Bertz CT molecular complexity index is 1100. The number of thiophene rings is 1. The number of H-pyrrole nitrogens is 1. The van der Waals surface area contributed by atoms with Crippen LogP contribution in [-0.2, 0) is 17.6 Å². The summed E-state index contributed by atoms with van der Waals surface area (Å²) in [7, 11) is 0. The minimum atomic E-state index is -0.514. The van der Waals surface area contributed by atoms with Crippen molar-refractivity contribution >= 4 is 60.8 Å². The highest BCUT2D eigenvalue weighted by Gasteiger charge is 2.20. The maximum Gasteiger partial charge on any atom is 0.260 e. The number of hydrogen-bond acceptors (Lipinski definition) is 5. The first-order valence-electron chi connectivity index (χ1n) is 8.43. The van der Waals surface area contributed by atoms with Crippen LogP contribution in [0.25, 0.3) is 10.2 Å². The maximum absolute atomic E-state index is 13.8. The lowest BCUT2D eigenvalue weighted by molar-refractivity contribution is -0.113. The number of nitrogens with one attached hydrogen (secondary N) is 2. The number of nitrogens with zero attached hydrogens (tertiary/aromatic N) is 1. The highest BCUT2D eigenvalue weighted by molar-refractivity contribution is 9.10. The molecule has 0 radical (unpaired) electrons. The van der Waals surface area contributed by atoms with Crippen molar-refractivity contribution in [2.75, 3.05) is 11.1 Å². The van der Waals surface area contributed by atoms with Gasteiger partial charge >= 0.3 is 0 Å². The van der Waals surface area contributed by atoms with Gasteiger partial charge in [0.15, 0.2) is 5.16 Å². The van der Waals surface area contributed by atoms with E-state index in [1.54, 1.807) is 17.4 Å². The second kappa shape index (κ2) is 7.73. The zero-order valence-electron chi connectivity index (χ0n) is 14.1. The molecule has 4 rings (SSSR count). The summed E-state index contributed by atoms with van der Waals surface area (Å²) in [5, 5.41) is 3.62. The first-order valence-corrected chi connectivity index (χ1v) is 11.0. The number of thioether (sulfide) groups is 1. The van der Waals surface area contributed by atoms with Crippen LogP contribution >= 0.6 is 39.0 Å². The van der Waals surface area contributed by atoms with Gasteiger partial charge in [0.1, 0.15) is 10.6 Å². The molecule has 0 bridgehead atoms. The van der Waals surface area contributed by atoms with Gasteiger partial charge in [-0.15, -0.1) is 11.3 Å². The van der Waals surface area contributed by atoms with E-state index in [0.29, 0.717) is 15.0 Å². The Morgan fingerprint density at radius 2 is 2.19 bits per heavy atom. The van der Waals surface area contributed by atoms with E-state index in [4.69, 9.17) is 0 Å². The van der Waals surface area contributed by atoms with E-state index in [0.717, 1.165) is 47.8 Å². The van der Waals surface area contributed by atoms with Crippen LogP contribution in [0.1, 0.15) is 23.3 Å². The van der Waals surface area contributed by atoms with Crippen LogP contribution in [0.15, 0.2) is 32.6 Å². The van der Waals surface area contributed by atoms with E-state index in [1.807, 2.05) is 0 Å². The fourth-order valence-corrected chi connectivity index (χ4v) is 5.44. The SMILES string of the molecule is O=C(CSc1nc2sc3c(c2c(=O)[nH]1)CCCC3)Nc1ccc(Br)cc1F. The topological polar surface area (TPSA) is 74.8 Å². The normalized spacial score (nSPS) is 13.6. The summed E-state index contributed by atoms with van der Waals surface area (Å²) in [5.74, 6) is -0.857. The molecule has 1 amide bonds. The van der Waals surface area contributed by atoms with Crippen LogP contribution in [0, 0.1) is 5.82 Å². The molecule has 1 aromatic carbocycles. The Morgan fingerprint density at radius 1 is 1.37 bits per heavy atom. The lowest BCUT2D eigenvalue weighted by Gasteiger charge is -2.09. The lowest BCUT2D eigenvalue weighted by atomic mass is 9.97. The van der Waals surface area contributed by atoms with Crippen molar-refractivity contribution in [3.05, 3.63) is 49.3 Å². The largest absolute Gasteiger partial charge is 0.323 e. The average Bonchev–Trinajstić information content (AvgIpc) is 3.01. The summed E-state index contributed by atoms with van der Waals surface area (Å²) in [4.78, 5) is 33.9. The van der Waals surface area contributed by atoms with Crippen molar-refractivity contribution in [3.8, 4) is 0 Å². The molecule has 1 aliphatic carbocycles. The first-order chi connectivity index (χ1) is 13.0. The molecule has 27 heavy (non-hydrogen) atoms. The van der Waals surface area contributed by atoms with Crippen LogP contribution < -0.4 is 10.9 Å². The van der Waals surface area contributed by atoms with Crippen LogP contribution in [0.5, 0.6) is 0 Å². The van der Waals surface area contributed by atoms with Gasteiger partial charge in [-0.3, -0.25) is 9.59 Å². The van der Waals surface area contributed by atoms with Crippen LogP contribution in [-0.4, -0.2) is 21.6 Å². The molecule has 0 unspecified atom stereocenters. The summed E-state index contributed by atoms with van der Waals surface area (Å²) in [6, 6.07) is 4.43. The number of aromatic amines is 1. The van der Waals surface area contributed by atoms with E-state index in [1.165, 1.54) is 17.0 Å². The molecule has 0 atom stereocenters. The van der Waals surface area contributed by atoms with E-state index < -0.39 is 5.82 Å². The third-order valence-electron chi connectivity index (χ3n) is 4.35. The van der Waals surface area contributed by atoms with Crippen LogP contribution in [0.3, 0.4) is 0 Å². The van der Waals surface area contributed by atoms with Gasteiger partial charge in [0, 0.05) is 9.35 Å². The molecule has 2 N–H and O–H groups in total. The molecule has 140 valence electrons. The Labute approximate surface area is 170 Å². The molecular weight excluding hydrogens is 453 g/mol. The van der Waals surface area contributed by atoms with Crippen LogP contribution in [0.4, 0.5) is 10.1 Å². The second-order valence-corrected chi connectivity index (χ2v) is 9.19. The van der Waals surface area contributed by atoms with Crippen molar-refractivity contribution in [2.45, 2.75) is 30.8 Å². The van der Waals surface area contributed by atoms with E-state index >= 15 is 0 Å². The third kappa shape index (κ3) is 3.95. The Morgan fingerprint density at radius 3 is 3.00 bits per heavy atom. The Balaban J connectivity index is 1.48. The van der Waals surface area contributed by atoms with Gasteiger partial charge in [0.25, 0.3) is 5.56 Å². The molecule has 0 saturated carbocycles. The second-order valence-electron chi connectivity index (χ2n) is 6.22. The predicted molar refractivity (Wildman–Crippen MR) is 110 cm³/mol. The summed E-state index contributed by atoms with van der Waals surface area (Å²) >= 11 is 5.87. The summed E-state index contributed by atoms with van der Waals surface area (Å²) < 4.78 is 14.4. The smallest absolute Gasteiger partial charge is 0.260 e. The van der Waals surface area contributed by atoms with Gasteiger partial charge in [-0.1, -0.05) is 27.7 Å². The van der Waals surface area contributed by atoms with Crippen molar-refractivity contribution in [1.82, 2.24) is 9.97 Å². The number of fused-ring (bicyclic) bond motifs is 3.